The van der Waals surface area contributed by atoms with Gasteiger partial charge in [-0.3, -0.25) is 0 Å². The molecule has 2 unspecified atom stereocenters. The monoisotopic (exact) mass is 421 g/mol. The predicted octanol–water partition coefficient (Wildman–Crippen LogP) is 6.04. The molecule has 0 radical (unpaired) electrons. The van der Waals surface area contributed by atoms with E-state index >= 15 is 0 Å². The van der Waals surface area contributed by atoms with E-state index in [0.29, 0.717) is 23.7 Å². The van der Waals surface area contributed by atoms with Gasteiger partial charge in [-0.05, 0) is 61.0 Å². The van der Waals surface area contributed by atoms with Gasteiger partial charge in [-0.1, -0.05) is 64.5 Å². The summed E-state index contributed by atoms with van der Waals surface area (Å²) >= 11 is 0. The first-order valence-electron chi connectivity index (χ1n) is 12.4. The van der Waals surface area contributed by atoms with Crippen LogP contribution in [0.5, 0.6) is 0 Å². The van der Waals surface area contributed by atoms with Gasteiger partial charge in [-0.15, -0.1) is 0 Å². The zero-order valence-corrected chi connectivity index (χ0v) is 19.7. The molecule has 1 aromatic carbocycles. The summed E-state index contributed by atoms with van der Waals surface area (Å²) in [7, 11) is 0. The minimum Gasteiger partial charge on any atom is -0.393 e. The Morgan fingerprint density at radius 2 is 1.81 bits per heavy atom. The van der Waals surface area contributed by atoms with Crippen LogP contribution in [0.4, 0.5) is 0 Å². The lowest BCUT2D eigenvalue weighted by Crippen LogP contribution is -2.69. The number of rotatable bonds is 2. The summed E-state index contributed by atoms with van der Waals surface area (Å²) in [5.41, 5.74) is 3.50. The van der Waals surface area contributed by atoms with E-state index in [9.17, 15) is 10.2 Å². The highest BCUT2D eigenvalue weighted by atomic mass is 16.3. The average molecular weight is 422 g/mol. The molecule has 5 rings (SSSR count). The Morgan fingerprint density at radius 1 is 1.06 bits per heavy atom. The summed E-state index contributed by atoms with van der Waals surface area (Å²) < 4.78 is 0. The van der Waals surface area contributed by atoms with Crippen LogP contribution in [0.1, 0.15) is 71.8 Å². The largest absolute Gasteiger partial charge is 0.393 e. The van der Waals surface area contributed by atoms with Crippen molar-refractivity contribution >= 4 is 10.9 Å². The van der Waals surface area contributed by atoms with Gasteiger partial charge in [0.2, 0.25) is 0 Å². The van der Waals surface area contributed by atoms with Crippen molar-refractivity contribution in [2.45, 2.75) is 78.4 Å². The minimum absolute atomic E-state index is 0.270. The second-order valence-corrected chi connectivity index (χ2v) is 11.4. The van der Waals surface area contributed by atoms with Crippen LogP contribution in [0.25, 0.3) is 10.9 Å². The van der Waals surface area contributed by atoms with Crippen molar-refractivity contribution in [2.24, 2.45) is 34.5 Å². The van der Waals surface area contributed by atoms with Gasteiger partial charge in [0, 0.05) is 33.8 Å². The molecule has 3 aliphatic rings. The minimum atomic E-state index is -0.367. The summed E-state index contributed by atoms with van der Waals surface area (Å²) in [6.07, 6.45) is 7.50. The third kappa shape index (κ3) is 2.66. The van der Waals surface area contributed by atoms with Crippen LogP contribution >= 0.6 is 0 Å². The highest BCUT2D eigenvalue weighted by Crippen LogP contribution is 2.71. The van der Waals surface area contributed by atoms with Gasteiger partial charge in [0.05, 0.1) is 12.2 Å². The molecule has 31 heavy (non-hydrogen) atoms. The molecule has 3 heteroatoms. The highest BCUT2D eigenvalue weighted by molar-refractivity contribution is 5.84. The molecular weight excluding hydrogens is 382 g/mol. The summed E-state index contributed by atoms with van der Waals surface area (Å²) in [5.74, 6) is 1.80. The van der Waals surface area contributed by atoms with Gasteiger partial charge in [0.1, 0.15) is 0 Å². The Labute approximate surface area is 187 Å². The van der Waals surface area contributed by atoms with Gasteiger partial charge in [0.15, 0.2) is 0 Å². The van der Waals surface area contributed by atoms with Crippen LogP contribution in [0.2, 0.25) is 0 Å². The topological polar surface area (TPSA) is 56.2 Å². The van der Waals surface area contributed by atoms with Crippen molar-refractivity contribution in [3.63, 3.8) is 0 Å². The number of aromatic nitrogens is 1. The molecule has 1 aromatic heterocycles. The summed E-state index contributed by atoms with van der Waals surface area (Å²) in [4.78, 5) is 3.52. The van der Waals surface area contributed by atoms with Crippen LogP contribution in [0, 0.1) is 34.5 Å². The Kier molecular flexibility index (Phi) is 4.95. The lowest BCUT2D eigenvalue weighted by atomic mass is 9.36. The Hall–Kier alpha value is -1.58. The first kappa shape index (κ1) is 21.3. The molecule has 8 atom stereocenters. The molecule has 1 heterocycles. The van der Waals surface area contributed by atoms with Gasteiger partial charge in [0.25, 0.3) is 0 Å². The number of nitrogens with one attached hydrogen (secondary N) is 1. The van der Waals surface area contributed by atoms with Gasteiger partial charge in [-0.25, -0.2) is 0 Å². The standard InChI is InChI=1S/C28H39NO2/c1-16(2)19-12-13-28-23(30)11-10-18(4)27(28,5)24(31)14-17(3)26(28)25(19)21-15-29-22-9-7-6-8-20(21)22/h6-9,12,15-18,23-26,29-31H,10-11,13-14H2,1-5H3/t17-,18-,23+,24-,25?,26+,27-,28?/m1/s1. The van der Waals surface area contributed by atoms with Crippen LogP contribution in [0.15, 0.2) is 42.1 Å². The van der Waals surface area contributed by atoms with Crippen molar-refractivity contribution in [1.29, 1.82) is 0 Å². The fraction of sp³-hybridized carbons (Fsp3) is 0.643. The van der Waals surface area contributed by atoms with E-state index in [-0.39, 0.29) is 29.0 Å². The number of allylic oxidation sites excluding steroid dienone is 2. The zero-order valence-electron chi connectivity index (χ0n) is 19.7. The maximum Gasteiger partial charge on any atom is 0.0608 e. The molecule has 0 bridgehead atoms. The molecule has 3 nitrogen and oxygen atoms in total. The van der Waals surface area contributed by atoms with E-state index in [1.54, 1.807) is 0 Å². The van der Waals surface area contributed by atoms with Crippen molar-refractivity contribution in [2.75, 3.05) is 0 Å². The second kappa shape index (κ2) is 7.22. The molecule has 2 saturated carbocycles. The molecule has 0 saturated heterocycles. The lowest BCUT2D eigenvalue weighted by Gasteiger charge is -2.69. The molecule has 3 N–H and O–H groups in total. The number of fused-ring (bicyclic) bond motifs is 1. The van der Waals surface area contributed by atoms with Crippen LogP contribution < -0.4 is 0 Å². The fourth-order valence-electron chi connectivity index (χ4n) is 8.31. The second-order valence-electron chi connectivity index (χ2n) is 11.4. The molecule has 1 spiro atoms. The summed E-state index contributed by atoms with van der Waals surface area (Å²) in [5, 5.41) is 24.5. The van der Waals surface area contributed by atoms with E-state index in [1.165, 1.54) is 22.0 Å². The number of aliphatic hydroxyl groups is 2. The van der Waals surface area contributed by atoms with E-state index in [0.717, 1.165) is 25.7 Å². The molecule has 2 fully saturated rings. The van der Waals surface area contributed by atoms with Crippen molar-refractivity contribution in [3.05, 3.63) is 47.7 Å². The molecule has 168 valence electrons. The SMILES string of the molecule is CC(C)C1=CCC23[C@H](C1c1c[nH]c4ccccc14)[C@H](C)C[C@@H](O)[C@@]2(C)[C@H](C)CC[C@@H]3O. The third-order valence-corrected chi connectivity index (χ3v) is 10.0. The smallest absolute Gasteiger partial charge is 0.0608 e. The fourth-order valence-corrected chi connectivity index (χ4v) is 8.31. The number of H-pyrrole nitrogens is 1. The molecule has 0 amide bonds. The van der Waals surface area contributed by atoms with Crippen LogP contribution in [-0.2, 0) is 0 Å². The Bertz CT molecular complexity index is 1010. The predicted molar refractivity (Wildman–Crippen MR) is 127 cm³/mol. The number of hydrogen-bond acceptors (Lipinski definition) is 2. The number of aromatic amines is 1. The maximum atomic E-state index is 11.7. The van der Waals surface area contributed by atoms with E-state index in [4.69, 9.17) is 0 Å². The quantitative estimate of drug-likeness (QED) is 0.518. The van der Waals surface area contributed by atoms with Gasteiger partial charge in [-0.2, -0.15) is 0 Å². The van der Waals surface area contributed by atoms with Crippen LogP contribution in [0.3, 0.4) is 0 Å². The number of para-hydroxylation sites is 1. The highest BCUT2D eigenvalue weighted by Gasteiger charge is 2.69. The van der Waals surface area contributed by atoms with Crippen molar-refractivity contribution < 1.29 is 10.2 Å². The normalized spacial score (nSPS) is 42.9. The van der Waals surface area contributed by atoms with Crippen molar-refractivity contribution in [1.82, 2.24) is 4.98 Å². The van der Waals surface area contributed by atoms with E-state index in [1.807, 2.05) is 0 Å². The first-order chi connectivity index (χ1) is 14.7. The average Bonchev–Trinajstić information content (AvgIpc) is 3.17. The maximum absolute atomic E-state index is 11.7. The summed E-state index contributed by atoms with van der Waals surface area (Å²) in [6.45, 7) is 11.6. The van der Waals surface area contributed by atoms with E-state index < -0.39 is 0 Å². The lowest BCUT2D eigenvalue weighted by molar-refractivity contribution is -0.251. The van der Waals surface area contributed by atoms with Crippen molar-refractivity contribution in [3.8, 4) is 0 Å². The number of hydrogen-bond donors (Lipinski definition) is 3. The first-order valence-corrected chi connectivity index (χ1v) is 12.4. The zero-order chi connectivity index (χ0) is 22.1. The Morgan fingerprint density at radius 3 is 2.55 bits per heavy atom. The number of benzene rings is 1. The third-order valence-electron chi connectivity index (χ3n) is 10.0. The molecule has 3 aliphatic carbocycles. The summed E-state index contributed by atoms with van der Waals surface area (Å²) in [6, 6.07) is 8.62. The number of aliphatic hydroxyl groups excluding tert-OH is 2. The molecule has 0 aliphatic heterocycles. The van der Waals surface area contributed by atoms with Gasteiger partial charge >= 0.3 is 0 Å². The van der Waals surface area contributed by atoms with Gasteiger partial charge < -0.3 is 15.2 Å². The Balaban J connectivity index is 1.78. The molecule has 2 aromatic rings. The molecular formula is C28H39NO2. The van der Waals surface area contributed by atoms with Crippen LogP contribution in [-0.4, -0.2) is 27.4 Å². The van der Waals surface area contributed by atoms with E-state index in [2.05, 4.69) is 76.1 Å².